The van der Waals surface area contributed by atoms with E-state index in [4.69, 9.17) is 9.47 Å². The van der Waals surface area contributed by atoms with Crippen LogP contribution in [0.25, 0.3) is 22.3 Å². The van der Waals surface area contributed by atoms with Crippen LogP contribution in [-0.4, -0.2) is 35.1 Å². The van der Waals surface area contributed by atoms with Gasteiger partial charge in [0.15, 0.2) is 0 Å². The lowest BCUT2D eigenvalue weighted by molar-refractivity contribution is -0.116. The lowest BCUT2D eigenvalue weighted by Crippen LogP contribution is -2.23. The van der Waals surface area contributed by atoms with E-state index in [9.17, 15) is 14.4 Å². The maximum atomic E-state index is 13.0. The number of aromatic amines is 3. The number of carbonyl (C=O) groups is 1. The number of hydrogen-bond donors (Lipinski definition) is 4. The predicted molar refractivity (Wildman–Crippen MR) is 115 cm³/mol. The first-order chi connectivity index (χ1) is 15.0. The van der Waals surface area contributed by atoms with Crippen molar-refractivity contribution in [1.29, 1.82) is 0 Å². The summed E-state index contributed by atoms with van der Waals surface area (Å²) in [7, 11) is 3.07. The van der Waals surface area contributed by atoms with Gasteiger partial charge >= 0.3 is 5.69 Å². The fourth-order valence-corrected chi connectivity index (χ4v) is 4.16. The molecule has 0 radical (unpaired) electrons. The van der Waals surface area contributed by atoms with Gasteiger partial charge in [-0.3, -0.25) is 19.6 Å². The molecule has 1 aliphatic heterocycles. The lowest BCUT2D eigenvalue weighted by atomic mass is 9.89. The number of carbonyl (C=O) groups excluding carboxylic acids is 1. The highest BCUT2D eigenvalue weighted by atomic mass is 16.5. The number of H-pyrrole nitrogens is 3. The van der Waals surface area contributed by atoms with E-state index in [1.807, 2.05) is 18.2 Å². The van der Waals surface area contributed by atoms with Crippen molar-refractivity contribution in [3.05, 3.63) is 74.4 Å². The van der Waals surface area contributed by atoms with Gasteiger partial charge in [0.25, 0.3) is 5.56 Å². The van der Waals surface area contributed by atoms with Crippen LogP contribution in [-0.2, 0) is 4.79 Å². The van der Waals surface area contributed by atoms with Crippen LogP contribution in [0.3, 0.4) is 0 Å². The molecule has 3 heterocycles. The second kappa shape index (κ2) is 6.91. The Morgan fingerprint density at radius 1 is 0.903 bits per heavy atom. The molecule has 9 nitrogen and oxygen atoms in total. The van der Waals surface area contributed by atoms with E-state index in [0.717, 1.165) is 5.56 Å². The Morgan fingerprint density at radius 2 is 1.71 bits per heavy atom. The van der Waals surface area contributed by atoms with Crippen molar-refractivity contribution in [2.75, 3.05) is 19.5 Å². The minimum absolute atomic E-state index is 0.205. The molecule has 0 bridgehead atoms. The summed E-state index contributed by atoms with van der Waals surface area (Å²) in [6, 6.07) is 12.5. The van der Waals surface area contributed by atoms with Crippen LogP contribution in [0.1, 0.15) is 17.0 Å². The molecule has 2 aromatic carbocycles. The number of ether oxygens (including phenoxy) is 2. The summed E-state index contributed by atoms with van der Waals surface area (Å²) in [5.41, 5.74) is 1.92. The van der Waals surface area contributed by atoms with Crippen molar-refractivity contribution in [2.24, 2.45) is 0 Å². The summed E-state index contributed by atoms with van der Waals surface area (Å²) >= 11 is 0. The topological polar surface area (TPSA) is 129 Å². The predicted octanol–water partition coefficient (Wildman–Crippen LogP) is 2.31. The van der Waals surface area contributed by atoms with Gasteiger partial charge in [-0.1, -0.05) is 18.2 Å². The first kappa shape index (κ1) is 18.7. The van der Waals surface area contributed by atoms with Gasteiger partial charge in [0.2, 0.25) is 5.91 Å². The van der Waals surface area contributed by atoms with Crippen molar-refractivity contribution < 1.29 is 14.3 Å². The first-order valence-corrected chi connectivity index (χ1v) is 9.52. The summed E-state index contributed by atoms with van der Waals surface area (Å²) in [6.45, 7) is 0. The Balaban J connectivity index is 1.90. The molecule has 1 amide bonds. The molecule has 4 N–H and O–H groups in total. The molecule has 0 spiro atoms. The van der Waals surface area contributed by atoms with E-state index in [1.54, 1.807) is 31.4 Å². The van der Waals surface area contributed by atoms with Crippen LogP contribution >= 0.6 is 0 Å². The molecule has 31 heavy (non-hydrogen) atoms. The van der Waals surface area contributed by atoms with E-state index in [1.165, 1.54) is 7.11 Å². The highest BCUT2D eigenvalue weighted by Gasteiger charge is 2.37. The summed E-state index contributed by atoms with van der Waals surface area (Å²) in [6.07, 6.45) is 0. The summed E-state index contributed by atoms with van der Waals surface area (Å²) in [5, 5.41) is 3.07. The lowest BCUT2D eigenvalue weighted by Gasteiger charge is -2.14. The van der Waals surface area contributed by atoms with E-state index >= 15 is 0 Å². The van der Waals surface area contributed by atoms with Crippen molar-refractivity contribution in [3.8, 4) is 22.8 Å². The average molecular weight is 418 g/mol. The molecule has 1 aliphatic rings. The number of fused-ring (bicyclic) bond motifs is 2. The number of methoxy groups -OCH3 is 2. The fraction of sp³-hybridized carbons (Fsp3) is 0.136. The normalized spacial score (nSPS) is 15.0. The number of rotatable bonds is 4. The number of anilines is 1. The molecule has 4 aromatic rings. The van der Waals surface area contributed by atoms with Crippen molar-refractivity contribution in [2.45, 2.75) is 5.92 Å². The zero-order chi connectivity index (χ0) is 21.7. The third-order valence-electron chi connectivity index (χ3n) is 5.49. The molecule has 2 aromatic heterocycles. The zero-order valence-corrected chi connectivity index (χ0v) is 16.7. The number of benzene rings is 2. The highest BCUT2D eigenvalue weighted by molar-refractivity contribution is 6.09. The largest absolute Gasteiger partial charge is 0.497 e. The van der Waals surface area contributed by atoms with E-state index in [-0.39, 0.29) is 16.9 Å². The Bertz CT molecular complexity index is 1460. The van der Waals surface area contributed by atoms with Crippen molar-refractivity contribution in [3.63, 3.8) is 0 Å². The number of nitrogens with one attached hydrogen (secondary N) is 4. The Morgan fingerprint density at radius 3 is 2.48 bits per heavy atom. The smallest absolute Gasteiger partial charge is 0.327 e. The minimum atomic E-state index is -0.761. The quantitative estimate of drug-likeness (QED) is 0.404. The SMILES string of the molecule is COc1ccc(OC)c(-c2[nH]c3[nH]c(=O)[nH]c(=O)c3c2[C@@H]2C(=O)Nc3ccccc32)c1. The van der Waals surface area contributed by atoms with Gasteiger partial charge in [-0.25, -0.2) is 4.79 Å². The molecule has 1 atom stereocenters. The maximum absolute atomic E-state index is 13.0. The van der Waals surface area contributed by atoms with Crippen LogP contribution in [0.4, 0.5) is 5.69 Å². The van der Waals surface area contributed by atoms with E-state index in [2.05, 4.69) is 20.3 Å². The van der Waals surface area contributed by atoms with Crippen LogP contribution in [0.2, 0.25) is 0 Å². The molecule has 0 saturated heterocycles. The third-order valence-corrected chi connectivity index (χ3v) is 5.49. The molecule has 0 saturated carbocycles. The third kappa shape index (κ3) is 2.82. The standard InChI is InChI=1S/C22H18N4O5/c1-30-10-7-8-14(31-2)12(9-10)18-16(17-19(24-18)25-22(29)26-21(17)28)15-11-5-3-4-6-13(11)23-20(15)27/h3-9,15H,1-2H3,(H,23,27)(H3,24,25,26,28,29)/t15-/m1/s1. The number of amides is 1. The van der Waals surface area contributed by atoms with Crippen LogP contribution in [0, 0.1) is 0 Å². The van der Waals surface area contributed by atoms with Gasteiger partial charge in [0.05, 0.1) is 31.2 Å². The minimum Gasteiger partial charge on any atom is -0.497 e. The van der Waals surface area contributed by atoms with Crippen LogP contribution < -0.4 is 26.0 Å². The number of aromatic nitrogens is 3. The van der Waals surface area contributed by atoms with Crippen LogP contribution in [0.15, 0.2) is 52.1 Å². The average Bonchev–Trinajstić information content (AvgIpc) is 3.29. The Kier molecular flexibility index (Phi) is 4.18. The fourth-order valence-electron chi connectivity index (χ4n) is 4.16. The van der Waals surface area contributed by atoms with Crippen LogP contribution in [0.5, 0.6) is 11.5 Å². The molecule has 0 aliphatic carbocycles. The Hall–Kier alpha value is -4.27. The van der Waals surface area contributed by atoms with Gasteiger partial charge in [-0.2, -0.15) is 0 Å². The molecular weight excluding hydrogens is 400 g/mol. The van der Waals surface area contributed by atoms with Gasteiger partial charge in [-0.05, 0) is 29.8 Å². The van der Waals surface area contributed by atoms with Crippen molar-refractivity contribution >= 4 is 22.6 Å². The molecule has 0 fully saturated rings. The van der Waals surface area contributed by atoms with Gasteiger partial charge in [0.1, 0.15) is 17.1 Å². The molecule has 5 rings (SSSR count). The Labute approximate surface area is 175 Å². The van der Waals surface area contributed by atoms with Gasteiger partial charge in [0, 0.05) is 16.8 Å². The highest BCUT2D eigenvalue weighted by Crippen LogP contribution is 2.45. The summed E-state index contributed by atoms with van der Waals surface area (Å²) in [4.78, 5) is 45.8. The number of hydrogen-bond acceptors (Lipinski definition) is 5. The molecule has 9 heteroatoms. The summed E-state index contributed by atoms with van der Waals surface area (Å²) in [5.74, 6) is 0.0526. The second-order valence-corrected chi connectivity index (χ2v) is 7.15. The zero-order valence-electron chi connectivity index (χ0n) is 16.7. The first-order valence-electron chi connectivity index (χ1n) is 9.52. The van der Waals surface area contributed by atoms with Gasteiger partial charge < -0.3 is 19.8 Å². The second-order valence-electron chi connectivity index (χ2n) is 7.15. The number of para-hydroxylation sites is 1. The van der Waals surface area contributed by atoms with E-state index < -0.39 is 17.2 Å². The van der Waals surface area contributed by atoms with E-state index in [0.29, 0.717) is 34.0 Å². The van der Waals surface area contributed by atoms with Crippen molar-refractivity contribution in [1.82, 2.24) is 15.0 Å². The summed E-state index contributed by atoms with van der Waals surface area (Å²) < 4.78 is 10.9. The molecular formula is C22H18N4O5. The monoisotopic (exact) mass is 418 g/mol. The maximum Gasteiger partial charge on any atom is 0.327 e. The molecule has 0 unspecified atom stereocenters. The molecule has 156 valence electrons. The van der Waals surface area contributed by atoms with Gasteiger partial charge in [-0.15, -0.1) is 0 Å².